The fourth-order valence-electron chi connectivity index (χ4n) is 0.660. The number of aliphatic carboxylic acids is 1. The van der Waals surface area contributed by atoms with Gasteiger partial charge in [0.1, 0.15) is 0 Å². The molecule has 12 heavy (non-hydrogen) atoms. The summed E-state index contributed by atoms with van der Waals surface area (Å²) in [5.41, 5.74) is 5.26. The van der Waals surface area contributed by atoms with Gasteiger partial charge in [0.15, 0.2) is 0 Å². The maximum Gasteiger partial charge on any atom is 0.325 e. The van der Waals surface area contributed by atoms with E-state index in [1.807, 2.05) is 0 Å². The average molecular weight is 197 g/mol. The maximum absolute atomic E-state index is 10.3. The monoisotopic (exact) mass is 197 g/mol. The molecule has 7 heteroatoms. The highest BCUT2D eigenvalue weighted by Gasteiger charge is 2.16. The number of carboxylic acid groups (broad SMARTS) is 1. The van der Waals surface area contributed by atoms with Crippen molar-refractivity contribution in [1.29, 1.82) is 0 Å². The van der Waals surface area contributed by atoms with Crippen molar-refractivity contribution < 1.29 is 24.3 Å². The lowest BCUT2D eigenvalue weighted by Crippen LogP contribution is -2.24. The Labute approximate surface area is 69.5 Å². The molecule has 0 unspecified atom stereocenters. The molecular weight excluding hydrogens is 185 g/mol. The molecule has 0 aliphatic rings. The molecule has 0 saturated heterocycles. The van der Waals surface area contributed by atoms with Gasteiger partial charge in [-0.25, -0.2) is 0 Å². The van der Waals surface area contributed by atoms with E-state index in [2.05, 4.69) is 0 Å². The normalized spacial score (nSPS) is 14.2. The molecule has 72 valence electrons. The van der Waals surface area contributed by atoms with Crippen LogP contribution in [0.3, 0.4) is 0 Å². The third kappa shape index (κ3) is 7.68. The van der Waals surface area contributed by atoms with Gasteiger partial charge in [-0.3, -0.25) is 9.36 Å². The van der Waals surface area contributed by atoms with Crippen LogP contribution in [0, 0.1) is 0 Å². The minimum atomic E-state index is -4.04. The summed E-state index contributed by atoms with van der Waals surface area (Å²) in [4.78, 5) is 26.9. The zero-order valence-electron chi connectivity index (χ0n) is 6.38. The Kier molecular flexibility index (Phi) is 4.41. The van der Waals surface area contributed by atoms with Gasteiger partial charge in [0.25, 0.3) is 0 Å². The molecule has 5 N–H and O–H groups in total. The zero-order chi connectivity index (χ0) is 9.78. The highest BCUT2D eigenvalue weighted by atomic mass is 31.2. The topological polar surface area (TPSA) is 121 Å². The van der Waals surface area contributed by atoms with Crippen molar-refractivity contribution in [3.63, 3.8) is 0 Å². The lowest BCUT2D eigenvalue weighted by molar-refractivity contribution is -0.137. The average Bonchev–Trinajstić information content (AvgIpc) is 1.80. The van der Waals surface area contributed by atoms with Gasteiger partial charge in [-0.05, 0) is 6.42 Å². The molecule has 0 heterocycles. The van der Waals surface area contributed by atoms with Crippen LogP contribution in [0.25, 0.3) is 0 Å². The van der Waals surface area contributed by atoms with Crippen LogP contribution in [-0.4, -0.2) is 33.1 Å². The summed E-state index contributed by atoms with van der Waals surface area (Å²) in [6, 6.07) is -0.685. The molecule has 0 aromatic heterocycles. The molecule has 0 aliphatic carbocycles. The largest absolute Gasteiger partial charge is 0.481 e. The van der Waals surface area contributed by atoms with Crippen LogP contribution in [0.1, 0.15) is 12.8 Å². The molecular formula is C5H12NO5P. The van der Waals surface area contributed by atoms with Gasteiger partial charge >= 0.3 is 13.6 Å². The Morgan fingerprint density at radius 3 is 2.33 bits per heavy atom. The zero-order valence-corrected chi connectivity index (χ0v) is 7.28. The summed E-state index contributed by atoms with van der Waals surface area (Å²) in [6.45, 7) is 0. The summed E-state index contributed by atoms with van der Waals surface area (Å²) in [7, 11) is -4.04. The number of carboxylic acids is 1. The fraction of sp³-hybridized carbons (Fsp3) is 0.800. The first-order valence-electron chi connectivity index (χ1n) is 3.33. The lowest BCUT2D eigenvalue weighted by atomic mass is 10.2. The molecule has 0 saturated carbocycles. The Hall–Kier alpha value is -0.420. The van der Waals surface area contributed by atoms with Crippen molar-refractivity contribution in [2.45, 2.75) is 18.9 Å². The van der Waals surface area contributed by atoms with Crippen LogP contribution in [0.15, 0.2) is 0 Å². The van der Waals surface area contributed by atoms with Crippen molar-refractivity contribution in [3.05, 3.63) is 0 Å². The van der Waals surface area contributed by atoms with E-state index in [-0.39, 0.29) is 19.0 Å². The molecule has 0 aromatic carbocycles. The maximum atomic E-state index is 10.3. The van der Waals surface area contributed by atoms with Gasteiger partial charge < -0.3 is 20.6 Å². The molecule has 0 radical (unpaired) electrons. The lowest BCUT2D eigenvalue weighted by Gasteiger charge is -2.08. The fourth-order valence-corrected chi connectivity index (χ4v) is 1.33. The number of nitrogens with two attached hydrogens (primary N) is 1. The van der Waals surface area contributed by atoms with Gasteiger partial charge in [0.2, 0.25) is 0 Å². The van der Waals surface area contributed by atoms with E-state index < -0.39 is 19.6 Å². The predicted octanol–water partition coefficient (Wildman–Crippen LogP) is -0.644. The third-order valence-corrected chi connectivity index (χ3v) is 2.07. The molecule has 0 rings (SSSR count). The smallest absolute Gasteiger partial charge is 0.325 e. The molecule has 0 aromatic rings. The first-order valence-corrected chi connectivity index (χ1v) is 5.13. The van der Waals surface area contributed by atoms with Crippen LogP contribution in [0.4, 0.5) is 0 Å². The van der Waals surface area contributed by atoms with Crippen molar-refractivity contribution in [3.8, 4) is 0 Å². The second-order valence-corrected chi connectivity index (χ2v) is 4.31. The Balaban J connectivity index is 3.65. The minimum absolute atomic E-state index is 0.0244. The van der Waals surface area contributed by atoms with E-state index in [9.17, 15) is 9.36 Å². The standard InChI is InChI=1S/C5H12NO5P/c6-4(3-5(7)8)1-2-12(9,10)11/h4H,1-3,6H2,(H,7,8)(H2,9,10,11)/t4-/m0/s1. The van der Waals surface area contributed by atoms with Gasteiger partial charge in [0, 0.05) is 6.04 Å². The summed E-state index contributed by atoms with van der Waals surface area (Å²) in [5.74, 6) is -1.06. The summed E-state index contributed by atoms with van der Waals surface area (Å²) < 4.78 is 10.3. The van der Waals surface area contributed by atoms with Crippen molar-refractivity contribution in [2.24, 2.45) is 5.73 Å². The Morgan fingerprint density at radius 2 is 2.00 bits per heavy atom. The highest BCUT2D eigenvalue weighted by molar-refractivity contribution is 7.51. The molecule has 6 nitrogen and oxygen atoms in total. The number of hydrogen-bond donors (Lipinski definition) is 4. The van der Waals surface area contributed by atoms with Crippen molar-refractivity contribution in [2.75, 3.05) is 6.16 Å². The first-order chi connectivity index (χ1) is 5.31. The van der Waals surface area contributed by atoms with E-state index in [4.69, 9.17) is 20.6 Å². The van der Waals surface area contributed by atoms with Gasteiger partial charge in [0.05, 0.1) is 12.6 Å². The van der Waals surface area contributed by atoms with Crippen LogP contribution >= 0.6 is 7.60 Å². The van der Waals surface area contributed by atoms with Crippen LogP contribution < -0.4 is 5.73 Å². The summed E-state index contributed by atoms with van der Waals surface area (Å²) in [6.07, 6.45) is -0.599. The molecule has 1 atom stereocenters. The van der Waals surface area contributed by atoms with Crippen LogP contribution in [-0.2, 0) is 9.36 Å². The highest BCUT2D eigenvalue weighted by Crippen LogP contribution is 2.35. The van der Waals surface area contributed by atoms with Crippen molar-refractivity contribution >= 4 is 13.6 Å². The Bertz CT molecular complexity index is 200. The number of hydrogen-bond acceptors (Lipinski definition) is 3. The van der Waals surface area contributed by atoms with E-state index in [1.54, 1.807) is 0 Å². The SMILES string of the molecule is N[C@@H](CCP(=O)(O)O)CC(=O)O. The molecule has 0 spiro atoms. The molecule has 0 fully saturated rings. The van der Waals surface area contributed by atoms with E-state index >= 15 is 0 Å². The van der Waals surface area contributed by atoms with E-state index in [0.29, 0.717) is 0 Å². The van der Waals surface area contributed by atoms with Crippen LogP contribution in [0.2, 0.25) is 0 Å². The van der Waals surface area contributed by atoms with Gasteiger partial charge in [-0.2, -0.15) is 0 Å². The van der Waals surface area contributed by atoms with Crippen molar-refractivity contribution in [1.82, 2.24) is 0 Å². The van der Waals surface area contributed by atoms with Gasteiger partial charge in [-0.15, -0.1) is 0 Å². The second-order valence-electron chi connectivity index (χ2n) is 2.53. The molecule has 0 amide bonds. The number of carbonyl (C=O) groups is 1. The molecule has 0 bridgehead atoms. The summed E-state index contributed by atoms with van der Waals surface area (Å²) in [5, 5.41) is 8.24. The Morgan fingerprint density at radius 1 is 1.50 bits per heavy atom. The quantitative estimate of drug-likeness (QED) is 0.435. The second kappa shape index (κ2) is 4.57. The van der Waals surface area contributed by atoms with Gasteiger partial charge in [-0.1, -0.05) is 0 Å². The third-order valence-electron chi connectivity index (χ3n) is 1.23. The first kappa shape index (κ1) is 11.6. The predicted molar refractivity (Wildman–Crippen MR) is 41.8 cm³/mol. The van der Waals surface area contributed by atoms with E-state index in [1.165, 1.54) is 0 Å². The molecule has 0 aliphatic heterocycles. The summed E-state index contributed by atoms with van der Waals surface area (Å²) >= 11 is 0. The number of rotatable bonds is 5. The van der Waals surface area contributed by atoms with E-state index in [0.717, 1.165) is 0 Å². The van der Waals surface area contributed by atoms with Crippen LogP contribution in [0.5, 0.6) is 0 Å². The minimum Gasteiger partial charge on any atom is -0.481 e.